The van der Waals surface area contributed by atoms with Gasteiger partial charge < -0.3 is 21.3 Å². The molecule has 1 aliphatic rings. The summed E-state index contributed by atoms with van der Waals surface area (Å²) in [5.41, 5.74) is 15.2. The topological polar surface area (TPSA) is 95.9 Å². The summed E-state index contributed by atoms with van der Waals surface area (Å²) >= 11 is 0. The van der Waals surface area contributed by atoms with E-state index >= 15 is 0 Å². The van der Waals surface area contributed by atoms with E-state index in [9.17, 15) is 9.59 Å². The highest BCUT2D eigenvalue weighted by atomic mass is 16.2. The number of imide groups is 1. The number of carbonyl (C=O) groups excluding carboxylic acids is 2. The fourth-order valence-corrected chi connectivity index (χ4v) is 6.56. The van der Waals surface area contributed by atoms with Crippen LogP contribution in [0, 0.1) is 0 Å². The predicted octanol–water partition coefficient (Wildman–Crippen LogP) is 7.35. The molecule has 2 amide bonds. The zero-order chi connectivity index (χ0) is 31.9. The van der Waals surface area contributed by atoms with Crippen molar-refractivity contribution in [3.05, 3.63) is 41.5 Å². The van der Waals surface area contributed by atoms with Gasteiger partial charge in [-0.25, -0.2) is 0 Å². The van der Waals surface area contributed by atoms with E-state index < -0.39 is 0 Å². The summed E-state index contributed by atoms with van der Waals surface area (Å²) in [7, 11) is 0. The molecule has 0 fully saturated rings. The summed E-state index contributed by atoms with van der Waals surface area (Å²) < 4.78 is 0. The van der Waals surface area contributed by atoms with Crippen molar-refractivity contribution in [3.8, 4) is 0 Å². The summed E-state index contributed by atoms with van der Waals surface area (Å²) in [6, 6.07) is 10.4. The summed E-state index contributed by atoms with van der Waals surface area (Å²) in [5, 5.41) is 1.80. The highest BCUT2D eigenvalue weighted by Crippen LogP contribution is 2.36. The normalized spacial score (nSPS) is 14.6. The molecule has 2 atom stereocenters. The molecule has 1 aliphatic heterocycles. The molecular formula is C37H61N5O2. The van der Waals surface area contributed by atoms with Gasteiger partial charge in [-0.15, -0.1) is 0 Å². The van der Waals surface area contributed by atoms with E-state index in [1.54, 1.807) is 0 Å². The number of carbonyl (C=O) groups is 2. The van der Waals surface area contributed by atoms with Crippen LogP contribution in [0.5, 0.6) is 0 Å². The maximum Gasteiger partial charge on any atom is 0.261 e. The Kier molecular flexibility index (Phi) is 15.6. The van der Waals surface area contributed by atoms with Crippen LogP contribution in [-0.2, 0) is 0 Å². The maximum atomic E-state index is 13.5. The molecule has 1 heterocycles. The number of amides is 2. The van der Waals surface area contributed by atoms with Crippen molar-refractivity contribution in [2.45, 2.75) is 123 Å². The first-order valence-corrected chi connectivity index (χ1v) is 17.8. The highest BCUT2D eigenvalue weighted by molar-refractivity contribution is 6.26. The lowest BCUT2D eigenvalue weighted by Crippen LogP contribution is -2.41. The number of hydrogen-bond acceptors (Lipinski definition) is 6. The Morgan fingerprint density at radius 2 is 1.23 bits per heavy atom. The van der Waals surface area contributed by atoms with Crippen molar-refractivity contribution in [2.24, 2.45) is 11.5 Å². The SMILES string of the molecule is CCCCC(N)CCN(CCCCCCCN1C(=O)c2cccc3c(N(CC)CC)ccc(c23)C1=O)CCC(N)CCCC. The lowest BCUT2D eigenvalue weighted by Gasteiger charge is -2.30. The highest BCUT2D eigenvalue weighted by Gasteiger charge is 2.33. The van der Waals surface area contributed by atoms with Crippen LogP contribution in [0.4, 0.5) is 5.69 Å². The van der Waals surface area contributed by atoms with Crippen molar-refractivity contribution < 1.29 is 9.59 Å². The van der Waals surface area contributed by atoms with Crippen molar-refractivity contribution in [1.29, 1.82) is 0 Å². The molecule has 2 aromatic carbocycles. The Hall–Kier alpha value is -2.48. The number of anilines is 1. The number of nitrogens with zero attached hydrogens (tertiary/aromatic N) is 3. The molecule has 7 heteroatoms. The predicted molar refractivity (Wildman–Crippen MR) is 187 cm³/mol. The van der Waals surface area contributed by atoms with Crippen LogP contribution in [0.25, 0.3) is 10.8 Å². The van der Waals surface area contributed by atoms with Crippen molar-refractivity contribution in [3.63, 3.8) is 0 Å². The molecular weight excluding hydrogens is 546 g/mol. The molecule has 0 spiro atoms. The third-order valence-corrected chi connectivity index (χ3v) is 9.42. The zero-order valence-electron chi connectivity index (χ0n) is 28.3. The van der Waals surface area contributed by atoms with E-state index in [-0.39, 0.29) is 23.9 Å². The van der Waals surface area contributed by atoms with Gasteiger partial charge in [-0.05, 0) is 90.2 Å². The third-order valence-electron chi connectivity index (χ3n) is 9.42. The quantitative estimate of drug-likeness (QED) is 0.101. The molecule has 246 valence electrons. The minimum absolute atomic E-state index is 0.158. The van der Waals surface area contributed by atoms with Gasteiger partial charge in [0.1, 0.15) is 0 Å². The Labute approximate surface area is 267 Å². The van der Waals surface area contributed by atoms with Gasteiger partial charge in [0.15, 0.2) is 0 Å². The number of unbranched alkanes of at least 4 members (excludes halogenated alkanes) is 6. The Morgan fingerprint density at radius 1 is 0.659 bits per heavy atom. The summed E-state index contributed by atoms with van der Waals surface area (Å²) in [4.78, 5) is 33.3. The Morgan fingerprint density at radius 3 is 1.82 bits per heavy atom. The molecule has 2 unspecified atom stereocenters. The Balaban J connectivity index is 1.47. The van der Waals surface area contributed by atoms with Gasteiger partial charge in [-0.2, -0.15) is 0 Å². The standard InChI is InChI=1S/C37H61N5O2/c1-5-9-17-29(38)23-27-40(28-24-30(39)18-10-6-2)25-14-12-11-13-15-26-42-36(43)32-20-16-19-31-34(41(7-3)8-4)22-21-33(35(31)32)37(42)44/h16,19-22,29-30H,5-15,17-18,23-28,38-39H2,1-4H3. The number of hydrogen-bond donors (Lipinski definition) is 2. The number of rotatable bonds is 23. The van der Waals surface area contributed by atoms with Crippen LogP contribution in [0.1, 0.15) is 132 Å². The lowest BCUT2D eigenvalue weighted by molar-refractivity contribution is 0.0607. The van der Waals surface area contributed by atoms with Crippen LogP contribution in [0.15, 0.2) is 30.3 Å². The van der Waals surface area contributed by atoms with Gasteiger partial charge in [0.05, 0.1) is 0 Å². The van der Waals surface area contributed by atoms with Gasteiger partial charge in [0.2, 0.25) is 0 Å². The first-order chi connectivity index (χ1) is 21.4. The van der Waals surface area contributed by atoms with Crippen molar-refractivity contribution in [2.75, 3.05) is 44.2 Å². The molecule has 0 aromatic heterocycles. The van der Waals surface area contributed by atoms with Crippen molar-refractivity contribution in [1.82, 2.24) is 9.80 Å². The van der Waals surface area contributed by atoms with Gasteiger partial charge in [0.25, 0.3) is 11.8 Å². The van der Waals surface area contributed by atoms with E-state index in [1.165, 1.54) is 30.6 Å². The molecule has 0 bridgehead atoms. The fraction of sp³-hybridized carbons (Fsp3) is 0.676. The second kappa shape index (κ2) is 19.1. The fourth-order valence-electron chi connectivity index (χ4n) is 6.56. The van der Waals surface area contributed by atoms with Crippen LogP contribution in [0.2, 0.25) is 0 Å². The van der Waals surface area contributed by atoms with Crippen LogP contribution in [0.3, 0.4) is 0 Å². The van der Waals surface area contributed by atoms with E-state index in [2.05, 4.69) is 37.5 Å². The molecule has 0 saturated heterocycles. The average Bonchev–Trinajstić information content (AvgIpc) is 3.04. The van der Waals surface area contributed by atoms with Crippen molar-refractivity contribution >= 4 is 28.3 Å². The molecule has 0 aliphatic carbocycles. The number of nitrogens with two attached hydrogens (primary N) is 2. The molecule has 4 N–H and O–H groups in total. The molecule has 0 radical (unpaired) electrons. The maximum absolute atomic E-state index is 13.5. The molecule has 0 saturated carbocycles. The van der Waals surface area contributed by atoms with Gasteiger partial charge in [-0.1, -0.05) is 70.9 Å². The van der Waals surface area contributed by atoms with Gasteiger partial charge in [-0.3, -0.25) is 14.5 Å². The minimum atomic E-state index is -0.158. The monoisotopic (exact) mass is 607 g/mol. The first kappa shape index (κ1) is 36.0. The van der Waals surface area contributed by atoms with E-state index in [0.717, 1.165) is 107 Å². The van der Waals surface area contributed by atoms with Crippen LogP contribution < -0.4 is 16.4 Å². The summed E-state index contributed by atoms with van der Waals surface area (Å²) in [5.74, 6) is -0.315. The molecule has 3 rings (SSSR count). The second-order valence-corrected chi connectivity index (χ2v) is 12.8. The Bertz CT molecular complexity index is 1120. The van der Waals surface area contributed by atoms with E-state index in [1.807, 2.05) is 30.3 Å². The molecule has 2 aromatic rings. The number of benzene rings is 2. The van der Waals surface area contributed by atoms with Gasteiger partial charge in [0, 0.05) is 59.3 Å². The lowest BCUT2D eigenvalue weighted by atomic mass is 9.92. The molecule has 7 nitrogen and oxygen atoms in total. The minimum Gasteiger partial charge on any atom is -0.372 e. The third kappa shape index (κ3) is 10.0. The smallest absolute Gasteiger partial charge is 0.261 e. The van der Waals surface area contributed by atoms with E-state index in [0.29, 0.717) is 17.7 Å². The summed E-state index contributed by atoms with van der Waals surface area (Å²) in [6.07, 6.45) is 14.4. The van der Waals surface area contributed by atoms with Crippen LogP contribution >= 0.6 is 0 Å². The zero-order valence-corrected chi connectivity index (χ0v) is 28.3. The molecule has 44 heavy (non-hydrogen) atoms. The first-order valence-electron chi connectivity index (χ1n) is 17.8. The average molecular weight is 608 g/mol. The largest absolute Gasteiger partial charge is 0.372 e. The summed E-state index contributed by atoms with van der Waals surface area (Å²) in [6.45, 7) is 14.1. The second-order valence-electron chi connectivity index (χ2n) is 12.8. The van der Waals surface area contributed by atoms with E-state index in [4.69, 9.17) is 11.5 Å². The van der Waals surface area contributed by atoms with Gasteiger partial charge >= 0.3 is 0 Å². The van der Waals surface area contributed by atoms with Crippen LogP contribution in [-0.4, -0.2) is 73.0 Å².